The van der Waals surface area contributed by atoms with Crippen LogP contribution in [0.1, 0.15) is 0 Å². The molecular formula is H3Fe2NO12S3. The molecule has 0 aromatic heterocycles. The standard InChI is InChI=1S/2Fe.H3N.3H2O4S/c;;;3*1-5(2,3)4/h;;1H3;3*(H2,1,2,3,4)/q2*+3;;;;/p-6. The molecule has 114 valence electrons. The molecule has 0 saturated carbocycles. The van der Waals surface area contributed by atoms with Crippen molar-refractivity contribution in [3.8, 4) is 0 Å². The first-order valence-corrected chi connectivity index (χ1v) is 6.00. The summed E-state index contributed by atoms with van der Waals surface area (Å²) in [4.78, 5) is 0. The molecule has 18 heteroatoms. The Hall–Kier alpha value is 0.609. The van der Waals surface area contributed by atoms with Gasteiger partial charge >= 0.3 is 34.1 Å². The molecule has 0 bridgehead atoms. The molecule has 0 fully saturated rings. The predicted octanol–water partition coefficient (Wildman–Crippen LogP) is -3.86. The van der Waals surface area contributed by atoms with E-state index in [0.717, 1.165) is 0 Å². The summed E-state index contributed by atoms with van der Waals surface area (Å²) in [5.41, 5.74) is 0. The average Bonchev–Trinajstić information content (AvgIpc) is 1.41. The molecule has 0 heterocycles. The number of rotatable bonds is 0. The van der Waals surface area contributed by atoms with Crippen LogP contribution in [0, 0.1) is 0 Å². The minimum Gasteiger partial charge on any atom is -0.759 e. The van der Waals surface area contributed by atoms with Gasteiger partial charge in [0.1, 0.15) is 0 Å². The Bertz CT molecular complexity index is 346. The Labute approximate surface area is 124 Å². The van der Waals surface area contributed by atoms with Gasteiger partial charge in [-0.15, -0.1) is 0 Å². The molecule has 0 aliphatic heterocycles. The van der Waals surface area contributed by atoms with E-state index in [1.807, 2.05) is 0 Å². The second-order valence-corrected chi connectivity index (χ2v) is 3.67. The van der Waals surface area contributed by atoms with Crippen molar-refractivity contribution in [1.29, 1.82) is 0 Å². The molecule has 0 unspecified atom stereocenters. The quantitative estimate of drug-likeness (QED) is 0.225. The Morgan fingerprint density at radius 3 is 0.444 bits per heavy atom. The van der Waals surface area contributed by atoms with Gasteiger partial charge in [-0.3, -0.25) is 25.3 Å². The van der Waals surface area contributed by atoms with Crippen LogP contribution >= 0.6 is 0 Å². The van der Waals surface area contributed by atoms with Gasteiger partial charge in [-0.25, -0.2) is 0 Å². The molecule has 18 heavy (non-hydrogen) atoms. The van der Waals surface area contributed by atoms with Crippen molar-refractivity contribution in [2.75, 3.05) is 0 Å². The fourth-order valence-electron chi connectivity index (χ4n) is 0. The zero-order valence-electron chi connectivity index (χ0n) is 7.54. The first-order chi connectivity index (χ1) is 6.00. The van der Waals surface area contributed by atoms with Crippen LogP contribution in [0.4, 0.5) is 0 Å². The Morgan fingerprint density at radius 1 is 0.444 bits per heavy atom. The summed E-state index contributed by atoms with van der Waals surface area (Å²) in [7, 11) is -15.5. The van der Waals surface area contributed by atoms with Gasteiger partial charge in [0.05, 0.1) is 0 Å². The molecule has 0 aromatic carbocycles. The summed E-state index contributed by atoms with van der Waals surface area (Å²) >= 11 is 0. The van der Waals surface area contributed by atoms with Crippen LogP contribution in [-0.2, 0) is 65.3 Å². The third-order valence-corrected chi connectivity index (χ3v) is 0. The van der Waals surface area contributed by atoms with Gasteiger partial charge in [0.25, 0.3) is 0 Å². The fourth-order valence-corrected chi connectivity index (χ4v) is 0. The topological polar surface area (TPSA) is 276 Å². The van der Waals surface area contributed by atoms with E-state index >= 15 is 0 Å². The van der Waals surface area contributed by atoms with E-state index in [2.05, 4.69) is 0 Å². The second kappa shape index (κ2) is 14.0. The molecule has 0 aromatic rings. The van der Waals surface area contributed by atoms with Crippen LogP contribution in [-0.4, -0.2) is 52.6 Å². The van der Waals surface area contributed by atoms with E-state index in [1.165, 1.54) is 0 Å². The maximum Gasteiger partial charge on any atom is 3.00 e. The van der Waals surface area contributed by atoms with Gasteiger partial charge in [-0.2, -0.15) is 0 Å². The Balaban J connectivity index is -0.0000000277. The van der Waals surface area contributed by atoms with Crippen LogP contribution in [0.2, 0.25) is 0 Å². The monoisotopic (exact) mass is 417 g/mol. The van der Waals surface area contributed by atoms with Gasteiger partial charge in [-0.1, -0.05) is 0 Å². The van der Waals surface area contributed by atoms with E-state index in [9.17, 15) is 0 Å². The first-order valence-electron chi connectivity index (χ1n) is 2.00. The molecule has 0 amide bonds. The van der Waals surface area contributed by atoms with Crippen LogP contribution in [0.15, 0.2) is 0 Å². The molecule has 0 rings (SSSR count). The van der Waals surface area contributed by atoms with Gasteiger partial charge in [0, 0.05) is 31.2 Å². The van der Waals surface area contributed by atoms with Crippen LogP contribution in [0.25, 0.3) is 0 Å². The molecular weight excluding hydrogens is 414 g/mol. The number of hydrogen-bond acceptors (Lipinski definition) is 13. The zero-order valence-corrected chi connectivity index (χ0v) is 12.2. The fraction of sp³-hybridized carbons (Fsp3) is 0. The molecule has 3 N–H and O–H groups in total. The van der Waals surface area contributed by atoms with Gasteiger partial charge in [0.2, 0.25) is 0 Å². The van der Waals surface area contributed by atoms with Crippen LogP contribution in [0.5, 0.6) is 0 Å². The predicted molar refractivity (Wildman–Crippen MR) is 36.4 cm³/mol. The smallest absolute Gasteiger partial charge is 0.759 e. The molecule has 2 radical (unpaired) electrons. The third-order valence-electron chi connectivity index (χ3n) is 0. The molecule has 0 aliphatic rings. The van der Waals surface area contributed by atoms with Crippen molar-refractivity contribution in [3.63, 3.8) is 0 Å². The normalized spacial score (nSPS) is 9.67. The van der Waals surface area contributed by atoms with Crippen LogP contribution < -0.4 is 6.15 Å². The molecule has 13 nitrogen and oxygen atoms in total. The van der Waals surface area contributed by atoms with E-state index in [0.29, 0.717) is 0 Å². The van der Waals surface area contributed by atoms with Crippen molar-refractivity contribution < 1.29 is 86.7 Å². The molecule has 0 aliphatic carbocycles. The van der Waals surface area contributed by atoms with Crippen molar-refractivity contribution in [2.45, 2.75) is 0 Å². The van der Waals surface area contributed by atoms with E-state index in [4.69, 9.17) is 52.6 Å². The molecule has 0 atom stereocenters. The minimum absolute atomic E-state index is 0. The van der Waals surface area contributed by atoms with Crippen molar-refractivity contribution in [1.82, 2.24) is 6.15 Å². The number of hydrogen-bond donors (Lipinski definition) is 1. The summed E-state index contributed by atoms with van der Waals surface area (Å²) in [5, 5.41) is 0. The SMILES string of the molecule is N.O=S(=O)([O-])[O-].O=S(=O)([O-])[O-].O=S(=O)([O-])[O-].[Fe+3].[Fe+3]. The Morgan fingerprint density at radius 2 is 0.444 bits per heavy atom. The average molecular weight is 417 g/mol. The van der Waals surface area contributed by atoms with E-state index in [-0.39, 0.29) is 40.3 Å². The maximum atomic E-state index is 8.52. The van der Waals surface area contributed by atoms with Gasteiger partial charge in [0.15, 0.2) is 0 Å². The summed E-state index contributed by atoms with van der Waals surface area (Å²) in [6.07, 6.45) is 0. The first kappa shape index (κ1) is 36.3. The summed E-state index contributed by atoms with van der Waals surface area (Å²) in [6.45, 7) is 0. The van der Waals surface area contributed by atoms with Crippen molar-refractivity contribution >= 4 is 31.2 Å². The summed E-state index contributed by atoms with van der Waals surface area (Å²) < 4.78 is 102. The van der Waals surface area contributed by atoms with Gasteiger partial charge < -0.3 is 33.5 Å². The van der Waals surface area contributed by atoms with E-state index < -0.39 is 31.2 Å². The summed E-state index contributed by atoms with van der Waals surface area (Å²) in [5.74, 6) is 0. The molecule has 0 saturated heterocycles. The summed E-state index contributed by atoms with van der Waals surface area (Å²) in [6, 6.07) is 0. The molecule has 0 spiro atoms. The Kier molecular flexibility index (Phi) is 28.3. The van der Waals surface area contributed by atoms with E-state index in [1.54, 1.807) is 0 Å². The van der Waals surface area contributed by atoms with Crippen molar-refractivity contribution in [2.24, 2.45) is 0 Å². The van der Waals surface area contributed by atoms with Crippen molar-refractivity contribution in [3.05, 3.63) is 0 Å². The van der Waals surface area contributed by atoms with Gasteiger partial charge in [-0.05, 0) is 0 Å². The third kappa shape index (κ3) is 10900. The maximum absolute atomic E-state index is 8.52. The van der Waals surface area contributed by atoms with Crippen LogP contribution in [0.3, 0.4) is 0 Å². The zero-order chi connectivity index (χ0) is 13.5. The second-order valence-electron chi connectivity index (χ2n) is 1.22. The minimum atomic E-state index is -5.17. The largest absolute Gasteiger partial charge is 3.00 e.